The van der Waals surface area contributed by atoms with Crippen LogP contribution in [0.3, 0.4) is 0 Å². The Morgan fingerprint density at radius 1 is 1.47 bits per heavy atom. The highest BCUT2D eigenvalue weighted by molar-refractivity contribution is 5.80. The van der Waals surface area contributed by atoms with Gasteiger partial charge in [-0.25, -0.2) is 9.97 Å². The average molecular weight is 237 g/mol. The summed E-state index contributed by atoms with van der Waals surface area (Å²) in [5, 5.41) is 11.5. The van der Waals surface area contributed by atoms with E-state index in [-0.39, 0.29) is 5.84 Å². The molecule has 0 bridgehead atoms. The maximum absolute atomic E-state index is 8.50. The van der Waals surface area contributed by atoms with Gasteiger partial charge in [0.15, 0.2) is 0 Å². The van der Waals surface area contributed by atoms with Gasteiger partial charge in [-0.05, 0) is 20.8 Å². The van der Waals surface area contributed by atoms with Gasteiger partial charge in [0, 0.05) is 31.3 Å². The molecule has 0 saturated heterocycles. The number of anilines is 1. The summed E-state index contributed by atoms with van der Waals surface area (Å²) in [5.74, 6) is 1.86. The van der Waals surface area contributed by atoms with Crippen molar-refractivity contribution in [3.63, 3.8) is 0 Å². The van der Waals surface area contributed by atoms with Crippen molar-refractivity contribution < 1.29 is 5.21 Å². The monoisotopic (exact) mass is 237 g/mol. The second-order valence-electron chi connectivity index (χ2n) is 3.84. The number of oxime groups is 1. The van der Waals surface area contributed by atoms with Crippen LogP contribution >= 0.6 is 0 Å². The quantitative estimate of drug-likeness (QED) is 0.346. The summed E-state index contributed by atoms with van der Waals surface area (Å²) in [4.78, 5) is 10.7. The Labute approximate surface area is 101 Å². The lowest BCUT2D eigenvalue weighted by atomic mass is 10.3. The summed E-state index contributed by atoms with van der Waals surface area (Å²) in [6.45, 7) is 7.33. The van der Waals surface area contributed by atoms with E-state index in [0.717, 1.165) is 23.9 Å². The minimum atomic E-state index is 0.228. The Kier molecular flexibility index (Phi) is 4.68. The molecule has 0 radical (unpaired) electrons. The molecule has 1 rings (SSSR count). The molecule has 1 heterocycles. The Bertz CT molecular complexity index is 385. The molecule has 0 saturated carbocycles. The van der Waals surface area contributed by atoms with Gasteiger partial charge in [-0.3, -0.25) is 0 Å². The van der Waals surface area contributed by atoms with Crippen molar-refractivity contribution in [2.45, 2.75) is 27.2 Å². The summed E-state index contributed by atoms with van der Waals surface area (Å²) in [5.41, 5.74) is 6.39. The number of amidine groups is 1. The van der Waals surface area contributed by atoms with Crippen LogP contribution in [0.1, 0.15) is 24.9 Å². The van der Waals surface area contributed by atoms with Gasteiger partial charge in [-0.15, -0.1) is 0 Å². The van der Waals surface area contributed by atoms with Crippen molar-refractivity contribution in [2.24, 2.45) is 10.9 Å². The molecule has 1 aromatic rings. The van der Waals surface area contributed by atoms with E-state index in [1.165, 1.54) is 0 Å². The molecule has 3 N–H and O–H groups in total. The third-order valence-corrected chi connectivity index (χ3v) is 2.42. The van der Waals surface area contributed by atoms with Gasteiger partial charge in [0.05, 0.1) is 0 Å². The first-order chi connectivity index (χ1) is 8.06. The number of aryl methyl sites for hydroxylation is 2. The number of nitrogens with two attached hydrogens (primary N) is 1. The fourth-order valence-corrected chi connectivity index (χ4v) is 1.59. The van der Waals surface area contributed by atoms with Crippen LogP contribution in [-0.4, -0.2) is 34.1 Å². The second kappa shape index (κ2) is 6.03. The number of nitrogens with zero attached hydrogens (tertiary/aromatic N) is 4. The maximum Gasteiger partial charge on any atom is 0.140 e. The lowest BCUT2D eigenvalue weighted by molar-refractivity contribution is 0.317. The number of hydrogen-bond donors (Lipinski definition) is 2. The lowest BCUT2D eigenvalue weighted by Crippen LogP contribution is -2.29. The van der Waals surface area contributed by atoms with Crippen LogP contribution in [-0.2, 0) is 0 Å². The molecule has 0 atom stereocenters. The normalized spacial score (nSPS) is 11.6. The second-order valence-corrected chi connectivity index (χ2v) is 3.84. The first-order valence-electron chi connectivity index (χ1n) is 5.60. The van der Waals surface area contributed by atoms with E-state index in [2.05, 4.69) is 20.0 Å². The molecule has 1 aromatic heterocycles. The molecule has 0 fully saturated rings. The van der Waals surface area contributed by atoms with Crippen LogP contribution < -0.4 is 10.6 Å². The first kappa shape index (κ1) is 13.2. The van der Waals surface area contributed by atoms with E-state index in [1.54, 1.807) is 0 Å². The zero-order valence-corrected chi connectivity index (χ0v) is 10.5. The third-order valence-electron chi connectivity index (χ3n) is 2.42. The van der Waals surface area contributed by atoms with Crippen molar-refractivity contribution in [3.8, 4) is 0 Å². The average Bonchev–Trinajstić information content (AvgIpc) is 2.28. The molecule has 6 heteroatoms. The number of aromatic nitrogens is 2. The molecule has 0 amide bonds. The van der Waals surface area contributed by atoms with Gasteiger partial charge in [-0.2, -0.15) is 0 Å². The Morgan fingerprint density at radius 3 is 2.71 bits per heavy atom. The third kappa shape index (κ3) is 3.90. The fourth-order valence-electron chi connectivity index (χ4n) is 1.59. The Hall–Kier alpha value is -1.85. The highest BCUT2D eigenvalue weighted by atomic mass is 16.4. The van der Waals surface area contributed by atoms with Crippen molar-refractivity contribution >= 4 is 11.7 Å². The van der Waals surface area contributed by atoms with Gasteiger partial charge >= 0.3 is 0 Å². The van der Waals surface area contributed by atoms with E-state index in [0.29, 0.717) is 13.0 Å². The van der Waals surface area contributed by atoms with E-state index in [9.17, 15) is 0 Å². The van der Waals surface area contributed by atoms with Crippen LogP contribution in [0.2, 0.25) is 0 Å². The van der Waals surface area contributed by atoms with Gasteiger partial charge in [0.25, 0.3) is 0 Å². The van der Waals surface area contributed by atoms with Gasteiger partial charge in [0.2, 0.25) is 0 Å². The highest BCUT2D eigenvalue weighted by Gasteiger charge is 2.08. The zero-order chi connectivity index (χ0) is 12.8. The maximum atomic E-state index is 8.50. The molecule has 0 unspecified atom stereocenters. The molecule has 0 aliphatic heterocycles. The summed E-state index contributed by atoms with van der Waals surface area (Å²) in [6, 6.07) is 1.93. The molecule has 17 heavy (non-hydrogen) atoms. The van der Waals surface area contributed by atoms with E-state index < -0.39 is 0 Å². The summed E-state index contributed by atoms with van der Waals surface area (Å²) in [7, 11) is 0. The number of hydrogen-bond acceptors (Lipinski definition) is 5. The molecule has 94 valence electrons. The van der Waals surface area contributed by atoms with Gasteiger partial charge in [0.1, 0.15) is 17.5 Å². The fraction of sp³-hybridized carbons (Fsp3) is 0.545. The molecule has 6 nitrogen and oxygen atoms in total. The van der Waals surface area contributed by atoms with E-state index in [4.69, 9.17) is 10.9 Å². The van der Waals surface area contributed by atoms with Gasteiger partial charge < -0.3 is 15.8 Å². The van der Waals surface area contributed by atoms with Crippen LogP contribution in [0.15, 0.2) is 11.2 Å². The molecule has 0 spiro atoms. The van der Waals surface area contributed by atoms with Crippen LogP contribution in [0.25, 0.3) is 0 Å². The van der Waals surface area contributed by atoms with E-state index in [1.807, 2.05) is 26.8 Å². The predicted octanol–water partition coefficient (Wildman–Crippen LogP) is 1.06. The lowest BCUT2D eigenvalue weighted by Gasteiger charge is -2.22. The molecule has 0 aromatic carbocycles. The standard InChI is InChI=1S/C11H19N5O/c1-4-16(6-5-10(12)15-17)11-7-8(2)13-9(3)14-11/h7,17H,4-6H2,1-3H3,(H2,12,15). The molecular formula is C11H19N5O. The predicted molar refractivity (Wildman–Crippen MR) is 67.4 cm³/mol. The topological polar surface area (TPSA) is 87.6 Å². The smallest absolute Gasteiger partial charge is 0.140 e. The van der Waals surface area contributed by atoms with Crippen molar-refractivity contribution in [1.29, 1.82) is 0 Å². The summed E-state index contributed by atoms with van der Waals surface area (Å²) < 4.78 is 0. The number of rotatable bonds is 5. The van der Waals surface area contributed by atoms with E-state index >= 15 is 0 Å². The largest absolute Gasteiger partial charge is 0.409 e. The Morgan fingerprint density at radius 2 is 2.18 bits per heavy atom. The molecule has 0 aliphatic rings. The van der Waals surface area contributed by atoms with Crippen LogP contribution in [0.4, 0.5) is 5.82 Å². The highest BCUT2D eigenvalue weighted by Crippen LogP contribution is 2.12. The van der Waals surface area contributed by atoms with Crippen molar-refractivity contribution in [3.05, 3.63) is 17.6 Å². The summed E-state index contributed by atoms with van der Waals surface area (Å²) in [6.07, 6.45) is 0.506. The van der Waals surface area contributed by atoms with Crippen molar-refractivity contribution in [2.75, 3.05) is 18.0 Å². The molecule has 0 aliphatic carbocycles. The van der Waals surface area contributed by atoms with Crippen LogP contribution in [0.5, 0.6) is 0 Å². The minimum absolute atomic E-state index is 0.228. The summed E-state index contributed by atoms with van der Waals surface area (Å²) >= 11 is 0. The Balaban J connectivity index is 2.79. The van der Waals surface area contributed by atoms with Crippen molar-refractivity contribution in [1.82, 2.24) is 9.97 Å². The van der Waals surface area contributed by atoms with Crippen LogP contribution in [0, 0.1) is 13.8 Å². The first-order valence-corrected chi connectivity index (χ1v) is 5.60. The molecular weight excluding hydrogens is 218 g/mol. The van der Waals surface area contributed by atoms with Gasteiger partial charge in [-0.1, -0.05) is 5.16 Å². The minimum Gasteiger partial charge on any atom is -0.409 e. The SMILES string of the molecule is CCN(CC/C(N)=N/O)c1cc(C)nc(C)n1. The zero-order valence-electron chi connectivity index (χ0n) is 10.5.